The summed E-state index contributed by atoms with van der Waals surface area (Å²) >= 11 is 0. The van der Waals surface area contributed by atoms with Gasteiger partial charge in [-0.1, -0.05) is 44.2 Å². The fraction of sp³-hybridized carbons (Fsp3) is 0.600. The second-order valence-electron chi connectivity index (χ2n) is 10.2. The van der Waals surface area contributed by atoms with Gasteiger partial charge in [0, 0.05) is 13.0 Å². The first-order chi connectivity index (χ1) is 16.6. The molecule has 0 unspecified atom stereocenters. The van der Waals surface area contributed by atoms with Crippen LogP contribution in [0.2, 0.25) is 0 Å². The first-order valence-corrected chi connectivity index (χ1v) is 11.9. The van der Waals surface area contributed by atoms with Crippen LogP contribution in [0.15, 0.2) is 30.3 Å². The Kier molecular flexibility index (Phi) is 9.51. The number of hydrogen-bond acceptors (Lipinski definition) is 5. The number of ketones is 1. The molecule has 11 heteroatoms. The summed E-state index contributed by atoms with van der Waals surface area (Å²) in [5.74, 6) is -4.26. The number of likely N-dealkylation sites (tertiary alicyclic amines) is 1. The van der Waals surface area contributed by atoms with Crippen LogP contribution in [-0.2, 0) is 25.5 Å². The van der Waals surface area contributed by atoms with Crippen LogP contribution < -0.4 is 10.6 Å². The van der Waals surface area contributed by atoms with Crippen LogP contribution in [0.4, 0.5) is 18.0 Å². The van der Waals surface area contributed by atoms with E-state index in [-0.39, 0.29) is 19.4 Å². The molecule has 0 radical (unpaired) electrons. The lowest BCUT2D eigenvalue weighted by Gasteiger charge is -2.31. The molecule has 0 aromatic heterocycles. The molecule has 0 saturated carbocycles. The van der Waals surface area contributed by atoms with Crippen molar-refractivity contribution in [1.82, 2.24) is 15.5 Å². The minimum atomic E-state index is -5.11. The van der Waals surface area contributed by atoms with Gasteiger partial charge < -0.3 is 20.3 Å². The number of benzene rings is 1. The van der Waals surface area contributed by atoms with Crippen LogP contribution in [-0.4, -0.2) is 65.0 Å². The van der Waals surface area contributed by atoms with Gasteiger partial charge in [-0.15, -0.1) is 0 Å². The largest absolute Gasteiger partial charge is 0.452 e. The Morgan fingerprint density at radius 3 is 2.19 bits per heavy atom. The van der Waals surface area contributed by atoms with Crippen LogP contribution in [0.25, 0.3) is 0 Å². The van der Waals surface area contributed by atoms with E-state index in [4.69, 9.17) is 4.74 Å². The lowest BCUT2D eigenvalue weighted by atomic mass is 9.98. The molecular weight excluding hydrogens is 479 g/mol. The molecule has 2 rings (SSSR count). The molecule has 0 aliphatic carbocycles. The van der Waals surface area contributed by atoms with Crippen LogP contribution in [0.1, 0.15) is 53.0 Å². The lowest BCUT2D eigenvalue weighted by molar-refractivity contribution is -0.175. The van der Waals surface area contributed by atoms with Crippen molar-refractivity contribution in [1.29, 1.82) is 0 Å². The van der Waals surface area contributed by atoms with Crippen molar-refractivity contribution in [2.75, 3.05) is 6.54 Å². The molecular formula is C25H34F3N3O5. The Morgan fingerprint density at radius 1 is 1.06 bits per heavy atom. The van der Waals surface area contributed by atoms with Crippen LogP contribution >= 0.6 is 0 Å². The third-order valence-electron chi connectivity index (χ3n) is 5.64. The van der Waals surface area contributed by atoms with Gasteiger partial charge in [-0.2, -0.15) is 13.2 Å². The van der Waals surface area contributed by atoms with Gasteiger partial charge in [-0.25, -0.2) is 4.79 Å². The first-order valence-electron chi connectivity index (χ1n) is 11.9. The molecule has 2 N–H and O–H groups in total. The molecule has 200 valence electrons. The molecule has 36 heavy (non-hydrogen) atoms. The smallest absolute Gasteiger partial charge is 0.444 e. The summed E-state index contributed by atoms with van der Waals surface area (Å²) < 4.78 is 44.4. The van der Waals surface area contributed by atoms with E-state index in [1.807, 2.05) is 0 Å². The maximum absolute atomic E-state index is 13.5. The molecule has 1 aromatic rings. The summed E-state index contributed by atoms with van der Waals surface area (Å²) in [4.78, 5) is 52.0. The van der Waals surface area contributed by atoms with Crippen molar-refractivity contribution in [2.24, 2.45) is 5.92 Å². The van der Waals surface area contributed by atoms with E-state index in [1.54, 1.807) is 51.1 Å². The average molecular weight is 514 g/mol. The van der Waals surface area contributed by atoms with Crippen LogP contribution in [0, 0.1) is 5.92 Å². The van der Waals surface area contributed by atoms with Crippen molar-refractivity contribution in [2.45, 2.75) is 83.8 Å². The zero-order valence-corrected chi connectivity index (χ0v) is 21.1. The van der Waals surface area contributed by atoms with Gasteiger partial charge in [-0.3, -0.25) is 14.4 Å². The maximum Gasteiger partial charge on any atom is 0.452 e. The standard InChI is InChI=1S/C25H34F3N3O5/c1-15(2)19(20(32)25(26,27)28)30-21(33)18-12-9-13-31(18)22(34)17(14-16-10-7-6-8-11-16)29-23(35)36-24(3,4)5/h6-8,10-11,15,17-19H,9,12-14H2,1-5H3,(H,29,35)(H,30,33)/t17-,18+,19+/m1/s1. The Bertz CT molecular complexity index is 944. The molecule has 1 aromatic carbocycles. The number of hydrogen-bond donors (Lipinski definition) is 2. The fourth-order valence-corrected chi connectivity index (χ4v) is 3.96. The average Bonchev–Trinajstić information content (AvgIpc) is 3.24. The van der Waals surface area contributed by atoms with E-state index >= 15 is 0 Å². The summed E-state index contributed by atoms with van der Waals surface area (Å²) in [7, 11) is 0. The third-order valence-corrected chi connectivity index (χ3v) is 5.64. The van der Waals surface area contributed by atoms with Gasteiger partial charge >= 0.3 is 12.3 Å². The van der Waals surface area contributed by atoms with E-state index in [0.717, 1.165) is 5.56 Å². The zero-order chi connectivity index (χ0) is 27.3. The normalized spacial score (nSPS) is 17.9. The van der Waals surface area contributed by atoms with Crippen molar-refractivity contribution in [3.63, 3.8) is 0 Å². The number of amides is 3. The molecule has 8 nitrogen and oxygen atoms in total. The van der Waals surface area contributed by atoms with Gasteiger partial charge in [0.2, 0.25) is 11.8 Å². The number of rotatable bonds is 8. The highest BCUT2D eigenvalue weighted by Crippen LogP contribution is 2.24. The summed E-state index contributed by atoms with van der Waals surface area (Å²) in [6.45, 7) is 8.00. The Balaban J connectivity index is 2.24. The summed E-state index contributed by atoms with van der Waals surface area (Å²) in [5.41, 5.74) is -0.0556. The number of carbonyl (C=O) groups is 4. The second kappa shape index (κ2) is 11.7. The molecule has 1 heterocycles. The second-order valence-corrected chi connectivity index (χ2v) is 10.2. The number of nitrogens with zero attached hydrogens (tertiary/aromatic N) is 1. The number of Topliss-reactive ketones (excluding diaryl/α,β-unsaturated/α-hetero) is 1. The molecule has 0 bridgehead atoms. The summed E-state index contributed by atoms with van der Waals surface area (Å²) in [5, 5.41) is 4.76. The van der Waals surface area contributed by atoms with Crippen LogP contribution in [0.5, 0.6) is 0 Å². The van der Waals surface area contributed by atoms with Crippen molar-refractivity contribution >= 4 is 23.7 Å². The molecule has 1 fully saturated rings. The number of alkyl halides is 3. The highest BCUT2D eigenvalue weighted by atomic mass is 19.4. The number of halogens is 3. The first kappa shape index (κ1) is 29.1. The molecule has 3 atom stereocenters. The third kappa shape index (κ3) is 8.23. The lowest BCUT2D eigenvalue weighted by Crippen LogP contribution is -2.57. The van der Waals surface area contributed by atoms with Crippen molar-refractivity contribution < 1.29 is 37.1 Å². The maximum atomic E-state index is 13.5. The summed E-state index contributed by atoms with van der Waals surface area (Å²) in [6.07, 6.45) is -5.15. The SMILES string of the molecule is CC(C)[C@H](NC(=O)[C@@H]1CCCN1C(=O)[C@@H](Cc1ccccc1)NC(=O)OC(C)(C)C)C(=O)C(F)(F)F. The van der Waals surface area contributed by atoms with E-state index < -0.39 is 59.5 Å². The van der Waals surface area contributed by atoms with Gasteiger partial charge in [-0.05, 0) is 45.1 Å². The van der Waals surface area contributed by atoms with Crippen molar-refractivity contribution in [3.8, 4) is 0 Å². The highest BCUT2D eigenvalue weighted by molar-refractivity contribution is 5.96. The zero-order valence-electron chi connectivity index (χ0n) is 21.1. The topological polar surface area (TPSA) is 105 Å². The van der Waals surface area contributed by atoms with Gasteiger partial charge in [0.15, 0.2) is 0 Å². The Hall–Kier alpha value is -3.11. The minimum absolute atomic E-state index is 0.116. The van der Waals surface area contributed by atoms with E-state index in [2.05, 4.69) is 10.6 Å². The molecule has 1 saturated heterocycles. The van der Waals surface area contributed by atoms with Gasteiger partial charge in [0.05, 0.1) is 6.04 Å². The van der Waals surface area contributed by atoms with Gasteiger partial charge in [0.1, 0.15) is 17.7 Å². The molecule has 3 amide bonds. The fourth-order valence-electron chi connectivity index (χ4n) is 3.96. The Labute approximate surface area is 208 Å². The number of ether oxygens (including phenoxy) is 1. The monoisotopic (exact) mass is 513 g/mol. The number of nitrogens with one attached hydrogen (secondary N) is 2. The van der Waals surface area contributed by atoms with Crippen LogP contribution in [0.3, 0.4) is 0 Å². The summed E-state index contributed by atoms with van der Waals surface area (Å²) in [6, 6.07) is 5.00. The Morgan fingerprint density at radius 2 is 1.67 bits per heavy atom. The number of alkyl carbamates (subject to hydrolysis) is 1. The number of carbonyl (C=O) groups excluding carboxylic acids is 4. The highest BCUT2D eigenvalue weighted by Gasteiger charge is 2.46. The van der Waals surface area contributed by atoms with Gasteiger partial charge in [0.25, 0.3) is 5.78 Å². The minimum Gasteiger partial charge on any atom is -0.444 e. The van der Waals surface area contributed by atoms with E-state index in [9.17, 15) is 32.3 Å². The molecule has 0 spiro atoms. The van der Waals surface area contributed by atoms with Crippen molar-refractivity contribution in [3.05, 3.63) is 35.9 Å². The molecule has 1 aliphatic heterocycles. The van der Waals surface area contributed by atoms with E-state index in [1.165, 1.54) is 18.7 Å². The predicted octanol–water partition coefficient (Wildman–Crippen LogP) is 3.39. The molecule has 1 aliphatic rings. The predicted molar refractivity (Wildman–Crippen MR) is 126 cm³/mol. The quantitative estimate of drug-likeness (QED) is 0.555. The van der Waals surface area contributed by atoms with E-state index in [0.29, 0.717) is 6.42 Å².